The number of benzene rings is 7. The van der Waals surface area contributed by atoms with Gasteiger partial charge in [0.25, 0.3) is 0 Å². The SMILES string of the molecule is Fc1cccc2c1-c1c(F)c(F)c(F)c(OB(Oc3c(F)c(F)c(F)c4c(F)c(F)c(F)c(F)c34)c3c(F)c(F)c(F)c4c(F)c5c(F)c(F)c(F)c(F)c5c(F)c34)c1C2. The highest BCUT2D eigenvalue weighted by Crippen LogP contribution is 2.48. The van der Waals surface area contributed by atoms with E-state index in [4.69, 9.17) is 9.31 Å². The monoisotopic (exact) mass is 872 g/mol. The minimum Gasteiger partial charge on any atom is -0.519 e. The lowest BCUT2D eigenvalue weighted by Crippen LogP contribution is -2.47. The summed E-state index contributed by atoms with van der Waals surface area (Å²) in [5, 5.41) is -14.4. The Hall–Kier alpha value is -6.42. The smallest absolute Gasteiger partial charge is 0.519 e. The molecule has 0 saturated carbocycles. The molecule has 0 atom stereocenters. The summed E-state index contributed by atoms with van der Waals surface area (Å²) in [4.78, 5) is 0. The van der Waals surface area contributed by atoms with Crippen LogP contribution in [0.25, 0.3) is 43.4 Å². The molecule has 23 heteroatoms. The summed E-state index contributed by atoms with van der Waals surface area (Å²) in [6.45, 7) is 0. The maximum atomic E-state index is 16.5. The van der Waals surface area contributed by atoms with Gasteiger partial charge in [0.15, 0.2) is 93.0 Å². The van der Waals surface area contributed by atoms with Gasteiger partial charge in [-0.25, -0.2) is 79.0 Å². The third-order valence-electron chi connectivity index (χ3n) is 9.59. The van der Waals surface area contributed by atoms with Crippen LogP contribution >= 0.6 is 0 Å². The zero-order chi connectivity index (χ0) is 43.9. The molecule has 0 radical (unpaired) electrons. The van der Waals surface area contributed by atoms with Crippen LogP contribution in [0.4, 0.5) is 87.8 Å². The van der Waals surface area contributed by atoms with Crippen molar-refractivity contribution in [3.05, 3.63) is 146 Å². The molecule has 0 bridgehead atoms. The molecule has 0 spiro atoms. The molecule has 8 rings (SSSR count). The van der Waals surface area contributed by atoms with Crippen LogP contribution in [0.3, 0.4) is 0 Å². The normalized spacial score (nSPS) is 12.3. The summed E-state index contributed by atoms with van der Waals surface area (Å²) in [6.07, 6.45) is -0.963. The van der Waals surface area contributed by atoms with Gasteiger partial charge in [0.1, 0.15) is 23.2 Å². The van der Waals surface area contributed by atoms with Gasteiger partial charge in [0, 0.05) is 28.5 Å². The summed E-state index contributed by atoms with van der Waals surface area (Å²) in [5.41, 5.74) is -5.99. The van der Waals surface area contributed by atoms with Crippen LogP contribution < -0.4 is 14.8 Å². The Labute approximate surface area is 316 Å². The van der Waals surface area contributed by atoms with Crippen LogP contribution in [0.2, 0.25) is 0 Å². The highest BCUT2D eigenvalue weighted by Gasteiger charge is 2.45. The predicted octanol–water partition coefficient (Wildman–Crippen LogP) is 11.4. The molecule has 2 nitrogen and oxygen atoms in total. The molecule has 0 saturated heterocycles. The van der Waals surface area contributed by atoms with Crippen molar-refractivity contribution in [2.75, 3.05) is 0 Å². The van der Waals surface area contributed by atoms with Gasteiger partial charge in [-0.3, -0.25) is 0 Å². The Balaban J connectivity index is 1.54. The van der Waals surface area contributed by atoms with Gasteiger partial charge in [0.2, 0.25) is 11.6 Å². The molecule has 7 aromatic carbocycles. The first kappa shape index (κ1) is 40.4. The van der Waals surface area contributed by atoms with Crippen LogP contribution in [0.15, 0.2) is 18.2 Å². The molecule has 0 aromatic heterocycles. The van der Waals surface area contributed by atoms with Gasteiger partial charge in [-0.15, -0.1) is 0 Å². The van der Waals surface area contributed by atoms with Crippen molar-refractivity contribution in [2.45, 2.75) is 6.42 Å². The van der Waals surface area contributed by atoms with Gasteiger partial charge in [0.05, 0.1) is 32.4 Å². The van der Waals surface area contributed by atoms with Crippen LogP contribution in [0.5, 0.6) is 11.5 Å². The van der Waals surface area contributed by atoms with Crippen molar-refractivity contribution in [1.29, 1.82) is 0 Å². The molecule has 0 amide bonds. The molecule has 1 aliphatic rings. The van der Waals surface area contributed by atoms with E-state index in [0.717, 1.165) is 12.1 Å². The quantitative estimate of drug-likeness (QED) is 0.0564. The van der Waals surface area contributed by atoms with Gasteiger partial charge >= 0.3 is 7.12 Å². The summed E-state index contributed by atoms with van der Waals surface area (Å²) < 4.78 is 314. The van der Waals surface area contributed by atoms with Crippen LogP contribution in [0.1, 0.15) is 11.1 Å². The number of halogens is 20. The second-order valence-electron chi connectivity index (χ2n) is 12.7. The average Bonchev–Trinajstić information content (AvgIpc) is 3.62. The maximum Gasteiger partial charge on any atom is 0.636 e. The summed E-state index contributed by atoms with van der Waals surface area (Å²) >= 11 is 0. The zero-order valence-electron chi connectivity index (χ0n) is 27.9. The Morgan fingerprint density at radius 3 is 1.25 bits per heavy atom. The maximum absolute atomic E-state index is 16.5. The molecular formula is C37H5BF20O2. The molecule has 1 aliphatic carbocycles. The van der Waals surface area contributed by atoms with E-state index in [1.54, 1.807) is 0 Å². The van der Waals surface area contributed by atoms with Gasteiger partial charge in [-0.1, -0.05) is 12.1 Å². The predicted molar refractivity (Wildman–Crippen MR) is 166 cm³/mol. The van der Waals surface area contributed by atoms with E-state index in [1.165, 1.54) is 0 Å². The van der Waals surface area contributed by atoms with E-state index in [1.807, 2.05) is 0 Å². The van der Waals surface area contributed by atoms with Crippen molar-refractivity contribution < 1.29 is 97.1 Å². The standard InChI is InChI=1S/C37H5BF20O2/c39-7-3-1-2-5-4-6-9(8(5)7)19(42)32(55)34(57)36(6)59-38(60-37-15-14(24(47)33(56)35(37)58)23(46)30(53)31(54)25(15)48)16-10-11(20(43)27(50)26(16)49)18(41)13-12(17(10)40)21(44)28(51)29(52)22(13)45/h1-3H,4H2. The van der Waals surface area contributed by atoms with Crippen LogP contribution in [0, 0.1) is 116 Å². The van der Waals surface area contributed by atoms with E-state index in [9.17, 15) is 39.5 Å². The van der Waals surface area contributed by atoms with Crippen molar-refractivity contribution in [2.24, 2.45) is 0 Å². The van der Waals surface area contributed by atoms with Gasteiger partial charge < -0.3 is 9.31 Å². The number of fused-ring (bicyclic) bond motifs is 6. The fourth-order valence-corrected chi connectivity index (χ4v) is 6.98. The number of hydrogen-bond acceptors (Lipinski definition) is 2. The van der Waals surface area contributed by atoms with E-state index < -0.39 is 196 Å². The first-order chi connectivity index (χ1) is 28.1. The van der Waals surface area contributed by atoms with Crippen LogP contribution in [-0.2, 0) is 6.42 Å². The topological polar surface area (TPSA) is 18.5 Å². The molecule has 308 valence electrons. The molecule has 0 N–H and O–H groups in total. The van der Waals surface area contributed by atoms with E-state index >= 15 is 48.3 Å². The highest BCUT2D eigenvalue weighted by molar-refractivity contribution is 6.66. The van der Waals surface area contributed by atoms with Crippen molar-refractivity contribution >= 4 is 44.9 Å². The van der Waals surface area contributed by atoms with E-state index in [0.29, 0.717) is 6.07 Å². The Kier molecular flexibility index (Phi) is 9.12. The number of hydrogen-bond donors (Lipinski definition) is 0. The second kappa shape index (κ2) is 13.6. The lowest BCUT2D eigenvalue weighted by atomic mass is 9.73. The molecule has 7 aromatic rings. The lowest BCUT2D eigenvalue weighted by molar-refractivity contribution is 0.368. The fraction of sp³-hybridized carbons (Fsp3) is 0.0270. The molecular weight excluding hydrogens is 867 g/mol. The Morgan fingerprint density at radius 2 is 0.717 bits per heavy atom. The average molecular weight is 872 g/mol. The summed E-state index contributed by atoms with van der Waals surface area (Å²) in [6, 6.07) is 2.65. The van der Waals surface area contributed by atoms with Crippen LogP contribution in [-0.4, -0.2) is 7.12 Å². The molecule has 60 heavy (non-hydrogen) atoms. The molecule has 0 unspecified atom stereocenters. The summed E-state index contributed by atoms with van der Waals surface area (Å²) in [5.74, 6) is -60.0. The van der Waals surface area contributed by atoms with Gasteiger partial charge in [-0.2, -0.15) is 8.78 Å². The second-order valence-corrected chi connectivity index (χ2v) is 12.7. The van der Waals surface area contributed by atoms with E-state index in [2.05, 4.69) is 0 Å². The first-order valence-corrected chi connectivity index (χ1v) is 15.9. The van der Waals surface area contributed by atoms with Crippen molar-refractivity contribution in [3.63, 3.8) is 0 Å². The van der Waals surface area contributed by atoms with E-state index in [-0.39, 0.29) is 5.56 Å². The lowest BCUT2D eigenvalue weighted by Gasteiger charge is -2.24. The number of rotatable bonds is 5. The largest absolute Gasteiger partial charge is 0.636 e. The van der Waals surface area contributed by atoms with Crippen molar-refractivity contribution in [1.82, 2.24) is 0 Å². The first-order valence-electron chi connectivity index (χ1n) is 15.9. The van der Waals surface area contributed by atoms with Crippen molar-refractivity contribution in [3.8, 4) is 22.6 Å². The minimum atomic E-state index is -3.97. The zero-order valence-corrected chi connectivity index (χ0v) is 27.9. The minimum absolute atomic E-state index is 0.334. The molecule has 0 aliphatic heterocycles. The third kappa shape index (κ3) is 5.18. The Morgan fingerprint density at radius 1 is 0.333 bits per heavy atom. The summed E-state index contributed by atoms with van der Waals surface area (Å²) in [7, 11) is -3.97. The molecule has 0 fully saturated rings. The third-order valence-corrected chi connectivity index (χ3v) is 9.59. The fourth-order valence-electron chi connectivity index (χ4n) is 6.98. The molecule has 0 heterocycles. The Bertz CT molecular complexity index is 3150. The highest BCUT2D eigenvalue weighted by atomic mass is 19.2. The van der Waals surface area contributed by atoms with Gasteiger partial charge in [-0.05, 0) is 11.6 Å².